The Morgan fingerprint density at radius 3 is 2.38 bits per heavy atom. The lowest BCUT2D eigenvalue weighted by Crippen LogP contribution is -2.55. The van der Waals surface area contributed by atoms with Crippen LogP contribution in [0.1, 0.15) is 31.0 Å². The van der Waals surface area contributed by atoms with Gasteiger partial charge in [-0.25, -0.2) is 5.84 Å². The molecular formula is C20H27N5O. The number of amidine groups is 1. The Kier molecular flexibility index (Phi) is 5.75. The van der Waals surface area contributed by atoms with Gasteiger partial charge in [0.25, 0.3) is 0 Å². The van der Waals surface area contributed by atoms with Crippen LogP contribution in [0.25, 0.3) is 0 Å². The van der Waals surface area contributed by atoms with Gasteiger partial charge in [-0.3, -0.25) is 9.91 Å². The highest BCUT2D eigenvalue weighted by Gasteiger charge is 2.33. The number of hydrogen-bond acceptors (Lipinski definition) is 5. The van der Waals surface area contributed by atoms with Gasteiger partial charge < -0.3 is 10.6 Å². The molecule has 0 spiro atoms. The minimum atomic E-state index is -0.0907. The Labute approximate surface area is 155 Å². The molecule has 1 aliphatic heterocycles. The molecule has 0 saturated carbocycles. The second-order valence-electron chi connectivity index (χ2n) is 6.77. The van der Waals surface area contributed by atoms with Crippen LogP contribution in [-0.4, -0.2) is 34.9 Å². The number of nitrogens with two attached hydrogens (primary N) is 2. The van der Waals surface area contributed by atoms with E-state index in [1.165, 1.54) is 5.56 Å². The minimum Gasteiger partial charge on any atom is -0.491 e. The van der Waals surface area contributed by atoms with Crippen molar-refractivity contribution < 1.29 is 4.74 Å². The fourth-order valence-corrected chi connectivity index (χ4v) is 3.29. The SMILES string of the molecule is CC(C)Oc1ccc(C2/C(=N/N)N(N)CCN2Cc2ccccc2)cc1. The molecule has 2 aromatic carbocycles. The summed E-state index contributed by atoms with van der Waals surface area (Å²) in [5, 5.41) is 5.64. The lowest BCUT2D eigenvalue weighted by atomic mass is 10.0. The zero-order valence-electron chi connectivity index (χ0n) is 15.4. The van der Waals surface area contributed by atoms with Gasteiger partial charge in [0.05, 0.1) is 12.1 Å². The lowest BCUT2D eigenvalue weighted by molar-refractivity contribution is 0.166. The predicted molar refractivity (Wildman–Crippen MR) is 104 cm³/mol. The summed E-state index contributed by atoms with van der Waals surface area (Å²) in [5.74, 6) is 13.4. The average Bonchev–Trinajstić information content (AvgIpc) is 2.64. The number of benzene rings is 2. The van der Waals surface area contributed by atoms with Crippen molar-refractivity contribution in [3.05, 3.63) is 65.7 Å². The number of nitrogens with zero attached hydrogens (tertiary/aromatic N) is 3. The van der Waals surface area contributed by atoms with Crippen LogP contribution in [-0.2, 0) is 6.54 Å². The zero-order chi connectivity index (χ0) is 18.5. The largest absolute Gasteiger partial charge is 0.491 e. The summed E-state index contributed by atoms with van der Waals surface area (Å²) >= 11 is 0. The number of ether oxygens (including phenoxy) is 1. The molecule has 0 radical (unpaired) electrons. The van der Waals surface area contributed by atoms with Gasteiger partial charge in [-0.15, -0.1) is 0 Å². The zero-order valence-corrected chi connectivity index (χ0v) is 15.4. The van der Waals surface area contributed by atoms with Crippen LogP contribution in [0.4, 0.5) is 0 Å². The van der Waals surface area contributed by atoms with E-state index >= 15 is 0 Å². The molecule has 1 unspecified atom stereocenters. The Morgan fingerprint density at radius 2 is 1.77 bits per heavy atom. The number of hydrazine groups is 1. The average molecular weight is 353 g/mol. The third-order valence-corrected chi connectivity index (χ3v) is 4.46. The normalized spacial score (nSPS) is 19.9. The van der Waals surface area contributed by atoms with E-state index in [0.29, 0.717) is 12.4 Å². The highest BCUT2D eigenvalue weighted by molar-refractivity contribution is 5.88. The number of hydrazone groups is 1. The van der Waals surface area contributed by atoms with Crippen molar-refractivity contribution in [1.82, 2.24) is 9.91 Å². The topological polar surface area (TPSA) is 80.1 Å². The van der Waals surface area contributed by atoms with Crippen LogP contribution in [0.2, 0.25) is 0 Å². The summed E-state index contributed by atoms with van der Waals surface area (Å²) in [7, 11) is 0. The van der Waals surface area contributed by atoms with Crippen LogP contribution < -0.4 is 16.4 Å². The first kappa shape index (κ1) is 18.2. The Hall–Kier alpha value is -2.57. The van der Waals surface area contributed by atoms with Crippen molar-refractivity contribution in [3.63, 3.8) is 0 Å². The molecule has 26 heavy (non-hydrogen) atoms. The van der Waals surface area contributed by atoms with Gasteiger partial charge in [0, 0.05) is 19.6 Å². The van der Waals surface area contributed by atoms with E-state index in [-0.39, 0.29) is 12.1 Å². The second kappa shape index (κ2) is 8.21. The van der Waals surface area contributed by atoms with Crippen LogP contribution in [0.5, 0.6) is 5.75 Å². The number of rotatable bonds is 5. The van der Waals surface area contributed by atoms with E-state index in [2.05, 4.69) is 46.4 Å². The molecule has 1 atom stereocenters. The van der Waals surface area contributed by atoms with E-state index in [4.69, 9.17) is 16.4 Å². The summed E-state index contributed by atoms with van der Waals surface area (Å²) in [6.45, 7) is 6.36. The van der Waals surface area contributed by atoms with E-state index in [9.17, 15) is 0 Å². The monoisotopic (exact) mass is 353 g/mol. The maximum Gasteiger partial charge on any atom is 0.160 e. The van der Waals surface area contributed by atoms with Gasteiger partial charge in [0.15, 0.2) is 5.84 Å². The highest BCUT2D eigenvalue weighted by atomic mass is 16.5. The minimum absolute atomic E-state index is 0.0907. The van der Waals surface area contributed by atoms with Crippen molar-refractivity contribution in [2.45, 2.75) is 32.5 Å². The Balaban J connectivity index is 1.88. The van der Waals surface area contributed by atoms with E-state index in [0.717, 1.165) is 24.4 Å². The molecule has 2 aromatic rings. The first-order valence-corrected chi connectivity index (χ1v) is 8.93. The van der Waals surface area contributed by atoms with Crippen molar-refractivity contribution in [2.24, 2.45) is 16.8 Å². The van der Waals surface area contributed by atoms with Crippen molar-refractivity contribution in [2.75, 3.05) is 13.1 Å². The molecule has 3 rings (SSSR count). The quantitative estimate of drug-likeness (QED) is 0.638. The Morgan fingerprint density at radius 1 is 1.08 bits per heavy atom. The summed E-state index contributed by atoms with van der Waals surface area (Å²) in [6, 6.07) is 18.4. The summed E-state index contributed by atoms with van der Waals surface area (Å²) in [5.41, 5.74) is 2.34. The molecule has 0 amide bonds. The summed E-state index contributed by atoms with van der Waals surface area (Å²) in [6.07, 6.45) is 0.144. The predicted octanol–water partition coefficient (Wildman–Crippen LogP) is 2.48. The van der Waals surface area contributed by atoms with Gasteiger partial charge in [-0.05, 0) is 37.1 Å². The van der Waals surface area contributed by atoms with Gasteiger partial charge in [-0.1, -0.05) is 42.5 Å². The molecule has 6 heteroatoms. The van der Waals surface area contributed by atoms with E-state index < -0.39 is 0 Å². The van der Waals surface area contributed by atoms with Gasteiger partial charge >= 0.3 is 0 Å². The maximum atomic E-state index is 6.14. The fourth-order valence-electron chi connectivity index (χ4n) is 3.29. The van der Waals surface area contributed by atoms with Crippen molar-refractivity contribution in [1.29, 1.82) is 0 Å². The Bertz CT molecular complexity index is 730. The summed E-state index contributed by atoms with van der Waals surface area (Å²) < 4.78 is 5.75. The molecule has 1 heterocycles. The van der Waals surface area contributed by atoms with Gasteiger partial charge in [0.2, 0.25) is 0 Å². The molecular weight excluding hydrogens is 326 g/mol. The standard InChI is InChI=1S/C20H27N5O/c1-15(2)26-18-10-8-17(9-11-18)19-20(23-21)25(22)13-12-24(19)14-16-6-4-3-5-7-16/h3-11,15,19H,12-14,21-22H2,1-2H3/b23-20-. The van der Waals surface area contributed by atoms with Gasteiger partial charge in [-0.2, -0.15) is 5.10 Å². The third-order valence-electron chi connectivity index (χ3n) is 4.46. The molecule has 1 saturated heterocycles. The van der Waals surface area contributed by atoms with E-state index in [1.807, 2.05) is 32.0 Å². The molecule has 0 aliphatic carbocycles. The molecule has 1 aliphatic rings. The molecule has 138 valence electrons. The third kappa shape index (κ3) is 4.15. The molecule has 6 nitrogen and oxygen atoms in total. The first-order valence-electron chi connectivity index (χ1n) is 8.93. The molecule has 0 aromatic heterocycles. The number of piperazine rings is 1. The van der Waals surface area contributed by atoms with Crippen molar-refractivity contribution in [3.8, 4) is 5.75 Å². The first-order chi connectivity index (χ1) is 12.6. The molecule has 1 fully saturated rings. The smallest absolute Gasteiger partial charge is 0.160 e. The second-order valence-corrected chi connectivity index (χ2v) is 6.77. The van der Waals surface area contributed by atoms with Crippen LogP contribution in [0.15, 0.2) is 59.7 Å². The molecule has 4 N–H and O–H groups in total. The maximum absolute atomic E-state index is 6.14. The fraction of sp³-hybridized carbons (Fsp3) is 0.350. The summed E-state index contributed by atoms with van der Waals surface area (Å²) in [4.78, 5) is 2.35. The number of hydrogen-bond donors (Lipinski definition) is 2. The lowest BCUT2D eigenvalue weighted by Gasteiger charge is -2.41. The highest BCUT2D eigenvalue weighted by Crippen LogP contribution is 2.29. The molecule has 0 bridgehead atoms. The van der Waals surface area contributed by atoms with Crippen LogP contribution >= 0.6 is 0 Å². The van der Waals surface area contributed by atoms with Crippen LogP contribution in [0, 0.1) is 0 Å². The van der Waals surface area contributed by atoms with Gasteiger partial charge in [0.1, 0.15) is 5.75 Å². The van der Waals surface area contributed by atoms with E-state index in [1.54, 1.807) is 5.01 Å². The van der Waals surface area contributed by atoms with Crippen molar-refractivity contribution >= 4 is 5.84 Å². The van der Waals surface area contributed by atoms with Crippen LogP contribution in [0.3, 0.4) is 0 Å².